The summed E-state index contributed by atoms with van der Waals surface area (Å²) in [6, 6.07) is 4.83. The van der Waals surface area contributed by atoms with E-state index in [0.717, 1.165) is 39.1 Å². The van der Waals surface area contributed by atoms with Crippen molar-refractivity contribution in [3.63, 3.8) is 0 Å². The van der Waals surface area contributed by atoms with Gasteiger partial charge < -0.3 is 15.1 Å². The average Bonchev–Trinajstić information content (AvgIpc) is 2.96. The van der Waals surface area contributed by atoms with Gasteiger partial charge in [-0.25, -0.2) is 4.79 Å². The number of nitrogens with one attached hydrogen (secondary N) is 1. The Bertz CT molecular complexity index is 392. The van der Waals surface area contributed by atoms with Gasteiger partial charge in [0.25, 0.3) is 0 Å². The van der Waals surface area contributed by atoms with Gasteiger partial charge >= 0.3 is 6.03 Å². The summed E-state index contributed by atoms with van der Waals surface area (Å²) in [6.07, 6.45) is 0.984. The lowest BCUT2D eigenvalue weighted by Crippen LogP contribution is -2.49. The van der Waals surface area contributed by atoms with E-state index in [0.29, 0.717) is 6.04 Å². The lowest BCUT2D eigenvalue weighted by molar-refractivity contribution is 0.179. The van der Waals surface area contributed by atoms with Crippen molar-refractivity contribution < 1.29 is 4.79 Å². The van der Waals surface area contributed by atoms with Gasteiger partial charge in [0.15, 0.2) is 0 Å². The van der Waals surface area contributed by atoms with Gasteiger partial charge in [0.2, 0.25) is 0 Å². The highest BCUT2D eigenvalue weighted by molar-refractivity contribution is 7.09. The van der Waals surface area contributed by atoms with E-state index in [-0.39, 0.29) is 6.03 Å². The van der Waals surface area contributed by atoms with Crippen LogP contribution in [0.2, 0.25) is 0 Å². The van der Waals surface area contributed by atoms with Crippen molar-refractivity contribution in [1.82, 2.24) is 15.1 Å². The minimum Gasteiger partial charge on any atom is -0.322 e. The fraction of sp³-hybridized carbons (Fsp3) is 0.583. The van der Waals surface area contributed by atoms with Gasteiger partial charge in [0.05, 0.1) is 6.04 Å². The molecule has 1 N–H and O–H groups in total. The average molecular weight is 251 g/mol. The molecule has 0 aromatic carbocycles. The molecular weight excluding hydrogens is 234 g/mol. The number of piperazine rings is 1. The van der Waals surface area contributed by atoms with Gasteiger partial charge in [-0.2, -0.15) is 0 Å². The summed E-state index contributed by atoms with van der Waals surface area (Å²) in [7, 11) is 0. The van der Waals surface area contributed by atoms with Crippen LogP contribution in [-0.2, 0) is 6.42 Å². The van der Waals surface area contributed by atoms with E-state index in [9.17, 15) is 4.79 Å². The standard InChI is InChI=1S/C12H17N3OS/c16-12-14(5-3-11-2-1-7-17-11)9-10-8-13-4-6-15(10)12/h1-2,7,10,13H,3-6,8-9H2. The van der Waals surface area contributed by atoms with Crippen molar-refractivity contribution in [3.05, 3.63) is 22.4 Å². The molecule has 2 amide bonds. The van der Waals surface area contributed by atoms with E-state index in [1.54, 1.807) is 11.3 Å². The molecule has 2 aliphatic heterocycles. The van der Waals surface area contributed by atoms with Crippen LogP contribution in [0, 0.1) is 0 Å². The number of carbonyl (C=O) groups is 1. The van der Waals surface area contributed by atoms with Crippen LogP contribution in [0.5, 0.6) is 0 Å². The molecule has 0 spiro atoms. The number of rotatable bonds is 3. The van der Waals surface area contributed by atoms with Crippen molar-refractivity contribution in [2.24, 2.45) is 0 Å². The maximum absolute atomic E-state index is 12.1. The molecule has 0 saturated carbocycles. The summed E-state index contributed by atoms with van der Waals surface area (Å²) in [5, 5.41) is 5.44. The predicted molar refractivity (Wildman–Crippen MR) is 68.4 cm³/mol. The third kappa shape index (κ3) is 2.17. The van der Waals surface area contributed by atoms with E-state index in [2.05, 4.69) is 22.8 Å². The fourth-order valence-corrected chi connectivity index (χ4v) is 3.28. The molecule has 4 nitrogen and oxygen atoms in total. The van der Waals surface area contributed by atoms with Crippen LogP contribution in [0.15, 0.2) is 17.5 Å². The molecule has 0 radical (unpaired) electrons. The van der Waals surface area contributed by atoms with Gasteiger partial charge in [0.1, 0.15) is 0 Å². The zero-order valence-corrected chi connectivity index (χ0v) is 10.6. The molecule has 0 bridgehead atoms. The Morgan fingerprint density at radius 1 is 1.53 bits per heavy atom. The molecule has 0 aliphatic carbocycles. The summed E-state index contributed by atoms with van der Waals surface area (Å²) in [6.45, 7) is 4.48. The molecule has 3 heterocycles. The number of fused-ring (bicyclic) bond motifs is 1. The van der Waals surface area contributed by atoms with E-state index in [4.69, 9.17) is 0 Å². The van der Waals surface area contributed by atoms with Gasteiger partial charge in [-0.3, -0.25) is 0 Å². The topological polar surface area (TPSA) is 35.6 Å². The van der Waals surface area contributed by atoms with Gasteiger partial charge in [-0.05, 0) is 17.9 Å². The lowest BCUT2D eigenvalue weighted by Gasteiger charge is -2.28. The summed E-state index contributed by atoms with van der Waals surface area (Å²) in [5.41, 5.74) is 0. The minimum atomic E-state index is 0.230. The smallest absolute Gasteiger partial charge is 0.320 e. The third-order valence-corrected chi connectivity index (χ3v) is 4.44. The second-order valence-corrected chi connectivity index (χ2v) is 5.64. The predicted octanol–water partition coefficient (Wildman–Crippen LogP) is 1.00. The number of hydrogen-bond donors (Lipinski definition) is 1. The van der Waals surface area contributed by atoms with Gasteiger partial charge in [0, 0.05) is 37.6 Å². The quantitative estimate of drug-likeness (QED) is 0.870. The van der Waals surface area contributed by atoms with Gasteiger partial charge in [-0.1, -0.05) is 6.07 Å². The first-order valence-electron chi connectivity index (χ1n) is 6.13. The first-order valence-corrected chi connectivity index (χ1v) is 7.01. The zero-order chi connectivity index (χ0) is 11.7. The molecule has 1 unspecified atom stereocenters. The molecule has 5 heteroatoms. The van der Waals surface area contributed by atoms with Crippen molar-refractivity contribution in [3.8, 4) is 0 Å². The van der Waals surface area contributed by atoms with Crippen LogP contribution in [-0.4, -0.2) is 54.6 Å². The Kier molecular flexibility index (Phi) is 3.03. The molecule has 92 valence electrons. The Balaban J connectivity index is 1.59. The number of nitrogens with zero attached hydrogens (tertiary/aromatic N) is 2. The monoisotopic (exact) mass is 251 g/mol. The Labute approximate surface area is 105 Å². The van der Waals surface area contributed by atoms with Crippen LogP contribution in [0.25, 0.3) is 0 Å². The second-order valence-electron chi connectivity index (χ2n) is 4.61. The Morgan fingerprint density at radius 2 is 2.47 bits per heavy atom. The maximum Gasteiger partial charge on any atom is 0.320 e. The minimum absolute atomic E-state index is 0.230. The van der Waals surface area contributed by atoms with Crippen LogP contribution in [0.3, 0.4) is 0 Å². The van der Waals surface area contributed by atoms with E-state index in [1.165, 1.54) is 4.88 Å². The van der Waals surface area contributed by atoms with Crippen LogP contribution in [0.4, 0.5) is 4.79 Å². The normalized spacial score (nSPS) is 24.2. The van der Waals surface area contributed by atoms with Crippen LogP contribution < -0.4 is 5.32 Å². The van der Waals surface area contributed by atoms with E-state index in [1.807, 2.05) is 9.80 Å². The molecular formula is C12H17N3OS. The van der Waals surface area contributed by atoms with Crippen molar-refractivity contribution in [2.75, 3.05) is 32.7 Å². The number of urea groups is 1. The number of thiophene rings is 1. The zero-order valence-electron chi connectivity index (χ0n) is 9.76. The van der Waals surface area contributed by atoms with Crippen molar-refractivity contribution >= 4 is 17.4 Å². The van der Waals surface area contributed by atoms with Gasteiger partial charge in [-0.15, -0.1) is 11.3 Å². The number of amides is 2. The Hall–Kier alpha value is -1.07. The molecule has 2 aliphatic rings. The second kappa shape index (κ2) is 4.66. The van der Waals surface area contributed by atoms with E-state index >= 15 is 0 Å². The molecule has 2 saturated heterocycles. The highest BCUT2D eigenvalue weighted by Gasteiger charge is 2.37. The third-order valence-electron chi connectivity index (χ3n) is 3.51. The van der Waals surface area contributed by atoms with Crippen LogP contribution >= 0.6 is 11.3 Å². The number of carbonyl (C=O) groups excluding carboxylic acids is 1. The highest BCUT2D eigenvalue weighted by atomic mass is 32.1. The lowest BCUT2D eigenvalue weighted by atomic mass is 10.2. The maximum atomic E-state index is 12.1. The van der Waals surface area contributed by atoms with Crippen molar-refractivity contribution in [1.29, 1.82) is 0 Å². The first-order chi connectivity index (χ1) is 8.34. The number of hydrogen-bond acceptors (Lipinski definition) is 3. The molecule has 1 aromatic rings. The summed E-state index contributed by atoms with van der Waals surface area (Å²) < 4.78 is 0. The fourth-order valence-electron chi connectivity index (χ4n) is 2.58. The highest BCUT2D eigenvalue weighted by Crippen LogP contribution is 2.18. The summed E-state index contributed by atoms with van der Waals surface area (Å²) in [4.78, 5) is 17.5. The summed E-state index contributed by atoms with van der Waals surface area (Å²) >= 11 is 1.77. The summed E-state index contributed by atoms with van der Waals surface area (Å²) in [5.74, 6) is 0. The first kappa shape index (κ1) is 11.0. The largest absolute Gasteiger partial charge is 0.322 e. The molecule has 1 aromatic heterocycles. The van der Waals surface area contributed by atoms with Crippen LogP contribution in [0.1, 0.15) is 4.88 Å². The van der Waals surface area contributed by atoms with Crippen molar-refractivity contribution in [2.45, 2.75) is 12.5 Å². The SMILES string of the molecule is O=C1N(CCc2cccs2)CC2CNCCN12. The molecule has 17 heavy (non-hydrogen) atoms. The molecule has 1 atom stereocenters. The molecule has 2 fully saturated rings. The van der Waals surface area contributed by atoms with E-state index < -0.39 is 0 Å². The molecule has 3 rings (SSSR count). The Morgan fingerprint density at radius 3 is 3.24 bits per heavy atom.